The van der Waals surface area contributed by atoms with Crippen LogP contribution in [-0.4, -0.2) is 54.8 Å². The fraction of sp³-hybridized carbons (Fsp3) is 0.385. The maximum atomic E-state index is 13.4. The van der Waals surface area contributed by atoms with Crippen LogP contribution in [0.2, 0.25) is 0 Å². The summed E-state index contributed by atoms with van der Waals surface area (Å²) < 4.78 is 45.1. The summed E-state index contributed by atoms with van der Waals surface area (Å²) in [7, 11) is -3.72. The molecule has 0 aliphatic carbocycles. The van der Waals surface area contributed by atoms with Crippen molar-refractivity contribution in [2.45, 2.75) is 49.9 Å². The Morgan fingerprint density at radius 2 is 1.94 bits per heavy atom. The Morgan fingerprint density at radius 3 is 2.69 bits per heavy atom. The van der Waals surface area contributed by atoms with E-state index in [0.717, 1.165) is 12.8 Å². The van der Waals surface area contributed by atoms with Crippen molar-refractivity contribution in [2.75, 3.05) is 19.9 Å². The van der Waals surface area contributed by atoms with Crippen molar-refractivity contribution in [3.05, 3.63) is 71.5 Å². The molecule has 9 nitrogen and oxygen atoms in total. The highest BCUT2D eigenvalue weighted by molar-refractivity contribution is 7.90. The standard InChI is InChI=1S/C26H29N3O6S/c1-2-28(25(30)20-10-11-23-24(13-20)35-18-34-23)15-21-14-27-26(29(21)16-22-9-6-12-33-22)36(31,32)17-19-7-4-3-5-8-19/h3-5,7-8,10-11,13-14,22H,2,6,9,12,15-18H2,1H3. The third kappa shape index (κ3) is 5.10. The van der Waals surface area contributed by atoms with E-state index in [-0.39, 0.29) is 36.3 Å². The average Bonchev–Trinajstić information content (AvgIpc) is 3.64. The molecule has 190 valence electrons. The molecule has 3 aromatic rings. The molecule has 1 atom stereocenters. The molecule has 2 aliphatic rings. The minimum absolute atomic E-state index is 0.00318. The Kier molecular flexibility index (Phi) is 6.97. The Labute approximate surface area is 210 Å². The minimum atomic E-state index is -3.72. The molecule has 1 unspecified atom stereocenters. The number of fused-ring (bicyclic) bond motifs is 1. The third-order valence-corrected chi connectivity index (χ3v) is 8.03. The topological polar surface area (TPSA) is 100.0 Å². The predicted octanol–water partition coefficient (Wildman–Crippen LogP) is 3.43. The number of carbonyl (C=O) groups is 1. The van der Waals surface area contributed by atoms with Crippen LogP contribution in [-0.2, 0) is 33.4 Å². The van der Waals surface area contributed by atoms with Crippen LogP contribution < -0.4 is 9.47 Å². The second kappa shape index (κ2) is 10.3. The second-order valence-corrected chi connectivity index (χ2v) is 10.8. The number of ether oxygens (including phenoxy) is 3. The van der Waals surface area contributed by atoms with E-state index in [1.807, 2.05) is 25.1 Å². The number of sulfone groups is 1. The highest BCUT2D eigenvalue weighted by Gasteiger charge is 2.28. The quantitative estimate of drug-likeness (QED) is 0.434. The van der Waals surface area contributed by atoms with E-state index in [1.165, 1.54) is 0 Å². The molecule has 1 saturated heterocycles. The van der Waals surface area contributed by atoms with Crippen molar-refractivity contribution in [1.29, 1.82) is 0 Å². The molecule has 0 spiro atoms. The van der Waals surface area contributed by atoms with Gasteiger partial charge in [-0.2, -0.15) is 0 Å². The first-order valence-electron chi connectivity index (χ1n) is 12.1. The van der Waals surface area contributed by atoms with Crippen LogP contribution >= 0.6 is 0 Å². The summed E-state index contributed by atoms with van der Waals surface area (Å²) in [6.45, 7) is 3.69. The van der Waals surface area contributed by atoms with Gasteiger partial charge < -0.3 is 23.7 Å². The van der Waals surface area contributed by atoms with Gasteiger partial charge in [-0.3, -0.25) is 4.79 Å². The maximum absolute atomic E-state index is 13.4. The Balaban J connectivity index is 1.43. The summed E-state index contributed by atoms with van der Waals surface area (Å²) in [6.07, 6.45) is 3.25. The van der Waals surface area contributed by atoms with Gasteiger partial charge in [-0.15, -0.1) is 0 Å². The monoisotopic (exact) mass is 511 g/mol. The van der Waals surface area contributed by atoms with E-state index < -0.39 is 9.84 Å². The van der Waals surface area contributed by atoms with Crippen LogP contribution in [0, 0.1) is 0 Å². The van der Waals surface area contributed by atoms with Crippen molar-refractivity contribution in [3.63, 3.8) is 0 Å². The number of hydrogen-bond donors (Lipinski definition) is 0. The number of carbonyl (C=O) groups excluding carboxylic acids is 1. The van der Waals surface area contributed by atoms with E-state index in [4.69, 9.17) is 14.2 Å². The number of nitrogens with zero attached hydrogens (tertiary/aromatic N) is 3. The number of amides is 1. The Hall–Kier alpha value is -3.37. The largest absolute Gasteiger partial charge is 0.454 e. The van der Waals surface area contributed by atoms with Crippen LogP contribution in [0.1, 0.15) is 41.4 Å². The van der Waals surface area contributed by atoms with Gasteiger partial charge in [-0.05, 0) is 43.5 Å². The van der Waals surface area contributed by atoms with E-state index >= 15 is 0 Å². The van der Waals surface area contributed by atoms with Gasteiger partial charge in [0.05, 0.1) is 36.8 Å². The van der Waals surface area contributed by atoms with Gasteiger partial charge in [0.25, 0.3) is 5.91 Å². The van der Waals surface area contributed by atoms with Gasteiger partial charge in [-0.25, -0.2) is 13.4 Å². The van der Waals surface area contributed by atoms with Crippen LogP contribution in [0.25, 0.3) is 0 Å². The van der Waals surface area contributed by atoms with E-state index in [2.05, 4.69) is 4.98 Å². The lowest BCUT2D eigenvalue weighted by atomic mass is 10.1. The number of benzene rings is 2. The first-order chi connectivity index (χ1) is 17.4. The van der Waals surface area contributed by atoms with Gasteiger partial charge in [-0.1, -0.05) is 30.3 Å². The van der Waals surface area contributed by atoms with Crippen LogP contribution in [0.15, 0.2) is 59.9 Å². The summed E-state index contributed by atoms with van der Waals surface area (Å²) in [5.74, 6) is 0.810. The SMILES string of the molecule is CCN(Cc1cnc(S(=O)(=O)Cc2ccccc2)n1CC1CCCO1)C(=O)c1ccc2c(c1)OCO2. The zero-order valence-electron chi connectivity index (χ0n) is 20.1. The number of imidazole rings is 1. The molecule has 36 heavy (non-hydrogen) atoms. The number of aromatic nitrogens is 2. The van der Waals surface area contributed by atoms with Crippen molar-refractivity contribution >= 4 is 15.7 Å². The summed E-state index contributed by atoms with van der Waals surface area (Å²) >= 11 is 0. The van der Waals surface area contributed by atoms with Gasteiger partial charge in [0.1, 0.15) is 0 Å². The Morgan fingerprint density at radius 1 is 1.14 bits per heavy atom. The smallest absolute Gasteiger partial charge is 0.254 e. The van der Waals surface area contributed by atoms with Crippen molar-refractivity contribution in [3.8, 4) is 11.5 Å². The van der Waals surface area contributed by atoms with Gasteiger partial charge in [0, 0.05) is 18.7 Å². The van der Waals surface area contributed by atoms with Gasteiger partial charge >= 0.3 is 0 Å². The molecule has 5 rings (SSSR count). The average molecular weight is 512 g/mol. The molecule has 0 N–H and O–H groups in total. The zero-order valence-corrected chi connectivity index (χ0v) is 20.9. The Bertz CT molecular complexity index is 1330. The molecule has 2 aliphatic heterocycles. The lowest BCUT2D eigenvalue weighted by Gasteiger charge is -2.23. The fourth-order valence-corrected chi connectivity index (χ4v) is 6.05. The molecule has 0 bridgehead atoms. The molecule has 0 radical (unpaired) electrons. The summed E-state index contributed by atoms with van der Waals surface area (Å²) in [5.41, 5.74) is 1.81. The first kappa shape index (κ1) is 24.3. The molecule has 1 fully saturated rings. The molecular formula is C26H29N3O6S. The lowest BCUT2D eigenvalue weighted by Crippen LogP contribution is -2.32. The van der Waals surface area contributed by atoms with E-state index in [1.54, 1.807) is 46.0 Å². The summed E-state index contributed by atoms with van der Waals surface area (Å²) in [6, 6.07) is 14.2. The normalized spacial score (nSPS) is 16.9. The molecule has 1 amide bonds. The molecule has 2 aromatic carbocycles. The molecule has 1 aromatic heterocycles. The molecule has 10 heteroatoms. The molecule has 3 heterocycles. The fourth-order valence-electron chi connectivity index (χ4n) is 4.55. The van der Waals surface area contributed by atoms with Crippen molar-refractivity contribution < 1.29 is 27.4 Å². The molecular weight excluding hydrogens is 482 g/mol. The van der Waals surface area contributed by atoms with Gasteiger partial charge in [0.2, 0.25) is 21.8 Å². The number of rotatable bonds is 9. The first-order valence-corrected chi connectivity index (χ1v) is 13.7. The zero-order chi connectivity index (χ0) is 25.1. The highest BCUT2D eigenvalue weighted by atomic mass is 32.2. The number of hydrogen-bond acceptors (Lipinski definition) is 7. The minimum Gasteiger partial charge on any atom is -0.454 e. The van der Waals surface area contributed by atoms with Crippen molar-refractivity contribution in [2.24, 2.45) is 0 Å². The van der Waals surface area contributed by atoms with Gasteiger partial charge in [0.15, 0.2) is 11.5 Å². The van der Waals surface area contributed by atoms with Crippen LogP contribution in [0.3, 0.4) is 0 Å². The second-order valence-electron chi connectivity index (χ2n) is 8.91. The van der Waals surface area contributed by atoms with E-state index in [9.17, 15) is 13.2 Å². The van der Waals surface area contributed by atoms with Crippen LogP contribution in [0.4, 0.5) is 0 Å². The highest BCUT2D eigenvalue weighted by Crippen LogP contribution is 2.33. The van der Waals surface area contributed by atoms with Crippen molar-refractivity contribution in [1.82, 2.24) is 14.5 Å². The van der Waals surface area contributed by atoms with E-state index in [0.29, 0.717) is 48.0 Å². The lowest BCUT2D eigenvalue weighted by molar-refractivity contribution is 0.0741. The molecule has 0 saturated carbocycles. The maximum Gasteiger partial charge on any atom is 0.254 e. The summed E-state index contributed by atoms with van der Waals surface area (Å²) in [5, 5.41) is 0.00318. The van der Waals surface area contributed by atoms with Crippen LogP contribution in [0.5, 0.6) is 11.5 Å². The predicted molar refractivity (Wildman–Crippen MR) is 132 cm³/mol. The summed E-state index contributed by atoms with van der Waals surface area (Å²) in [4.78, 5) is 19.3. The third-order valence-electron chi connectivity index (χ3n) is 6.43.